The van der Waals surface area contributed by atoms with E-state index in [-0.39, 0.29) is 0 Å². The first-order chi connectivity index (χ1) is 9.25. The molecule has 0 fully saturated rings. The van der Waals surface area contributed by atoms with Crippen molar-refractivity contribution in [3.63, 3.8) is 0 Å². The molecule has 5 N–H and O–H groups in total. The molecule has 1 heterocycles. The minimum Gasteiger partial charge on any atom is -0.399 e. The number of aromatic nitrogens is 2. The fraction of sp³-hybridized carbons (Fsp3) is 0. The van der Waals surface area contributed by atoms with Crippen LogP contribution in [0.25, 0.3) is 11.1 Å². The van der Waals surface area contributed by atoms with Gasteiger partial charge < -0.3 is 16.5 Å². The predicted molar refractivity (Wildman–Crippen MR) is 79.3 cm³/mol. The first kappa shape index (κ1) is 12.7. The van der Waals surface area contributed by atoms with Crippen molar-refractivity contribution < 1.29 is 0 Å². The van der Waals surface area contributed by atoms with Gasteiger partial charge >= 0.3 is 0 Å². The highest BCUT2D eigenvalue weighted by Crippen LogP contribution is 2.22. The Morgan fingerprint density at radius 3 is 2.16 bits per heavy atom. The van der Waals surface area contributed by atoms with Crippen molar-refractivity contribution in [2.75, 3.05) is 11.5 Å². The number of hydrogen-bond donors (Lipinski definition) is 3. The molecule has 19 heavy (non-hydrogen) atoms. The molecule has 0 amide bonds. The maximum Gasteiger partial charge on any atom is 0.0919 e. The average Bonchev–Trinajstić information content (AvgIpc) is 2.99. The SMILES string of the molecule is Nc1ccc(-c2cccc(N)c2)cc1.c1c[nH]cn1. The van der Waals surface area contributed by atoms with Gasteiger partial charge in [-0.05, 0) is 35.4 Å². The van der Waals surface area contributed by atoms with Gasteiger partial charge in [0, 0.05) is 23.8 Å². The molecule has 3 aromatic rings. The standard InChI is InChI=1S/C12H12N2.C3H4N2/c13-11-6-4-9(5-7-11)10-2-1-3-12(14)8-10;1-2-5-3-4-1/h1-8H,13-14H2;1-3H,(H,4,5). The molecular formula is C15H16N4. The van der Waals surface area contributed by atoms with Crippen molar-refractivity contribution >= 4 is 11.4 Å². The Morgan fingerprint density at radius 2 is 1.63 bits per heavy atom. The molecule has 4 nitrogen and oxygen atoms in total. The van der Waals surface area contributed by atoms with E-state index >= 15 is 0 Å². The molecular weight excluding hydrogens is 236 g/mol. The topological polar surface area (TPSA) is 80.7 Å². The number of nitrogens with zero attached hydrogens (tertiary/aromatic N) is 1. The molecule has 96 valence electrons. The number of nitrogen functional groups attached to an aromatic ring is 2. The van der Waals surface area contributed by atoms with E-state index in [2.05, 4.69) is 9.97 Å². The zero-order chi connectivity index (χ0) is 13.5. The number of rotatable bonds is 1. The van der Waals surface area contributed by atoms with Gasteiger partial charge in [0.15, 0.2) is 0 Å². The van der Waals surface area contributed by atoms with Crippen LogP contribution in [0.4, 0.5) is 11.4 Å². The number of nitrogens with two attached hydrogens (primary N) is 2. The summed E-state index contributed by atoms with van der Waals surface area (Å²) in [6, 6.07) is 15.6. The molecule has 0 spiro atoms. The summed E-state index contributed by atoms with van der Waals surface area (Å²) < 4.78 is 0. The van der Waals surface area contributed by atoms with Gasteiger partial charge in [0.25, 0.3) is 0 Å². The van der Waals surface area contributed by atoms with Crippen LogP contribution < -0.4 is 11.5 Å². The van der Waals surface area contributed by atoms with Gasteiger partial charge in [0.2, 0.25) is 0 Å². The summed E-state index contributed by atoms with van der Waals surface area (Å²) in [6.07, 6.45) is 5.08. The highest BCUT2D eigenvalue weighted by atomic mass is 14.8. The summed E-state index contributed by atoms with van der Waals surface area (Å²) in [4.78, 5) is 6.42. The monoisotopic (exact) mass is 252 g/mol. The van der Waals surface area contributed by atoms with Crippen LogP contribution in [0.1, 0.15) is 0 Å². The molecule has 2 aromatic carbocycles. The lowest BCUT2D eigenvalue weighted by Gasteiger charge is -2.02. The van der Waals surface area contributed by atoms with Crippen LogP contribution in [0, 0.1) is 0 Å². The van der Waals surface area contributed by atoms with Crippen LogP contribution in [0.2, 0.25) is 0 Å². The van der Waals surface area contributed by atoms with Gasteiger partial charge in [-0.3, -0.25) is 0 Å². The Balaban J connectivity index is 0.000000224. The molecule has 0 bridgehead atoms. The molecule has 0 saturated carbocycles. The molecule has 0 aliphatic heterocycles. The van der Waals surface area contributed by atoms with Crippen molar-refractivity contribution in [3.05, 3.63) is 67.3 Å². The van der Waals surface area contributed by atoms with Crippen LogP contribution in [0.5, 0.6) is 0 Å². The first-order valence-electron chi connectivity index (χ1n) is 5.90. The lowest BCUT2D eigenvalue weighted by molar-refractivity contribution is 1.31. The van der Waals surface area contributed by atoms with E-state index in [4.69, 9.17) is 11.5 Å². The fourth-order valence-corrected chi connectivity index (χ4v) is 1.61. The predicted octanol–water partition coefficient (Wildman–Crippen LogP) is 2.93. The third-order valence-electron chi connectivity index (χ3n) is 2.54. The Hall–Kier alpha value is -2.75. The van der Waals surface area contributed by atoms with E-state index in [0.717, 1.165) is 22.5 Å². The van der Waals surface area contributed by atoms with Crippen LogP contribution in [0.3, 0.4) is 0 Å². The van der Waals surface area contributed by atoms with E-state index in [9.17, 15) is 0 Å². The molecule has 1 aromatic heterocycles. The second-order valence-corrected chi connectivity index (χ2v) is 4.01. The number of aromatic amines is 1. The van der Waals surface area contributed by atoms with E-state index in [1.54, 1.807) is 18.7 Å². The number of imidazole rings is 1. The van der Waals surface area contributed by atoms with Gasteiger partial charge in [0.05, 0.1) is 6.33 Å². The molecule has 3 rings (SSSR count). The van der Waals surface area contributed by atoms with Crippen molar-refractivity contribution in [1.29, 1.82) is 0 Å². The minimum absolute atomic E-state index is 0.776. The average molecular weight is 252 g/mol. The zero-order valence-electron chi connectivity index (χ0n) is 10.5. The normalized spacial score (nSPS) is 9.47. The largest absolute Gasteiger partial charge is 0.399 e. The Bertz CT molecular complexity index is 583. The summed E-state index contributed by atoms with van der Waals surface area (Å²) >= 11 is 0. The number of anilines is 2. The van der Waals surface area contributed by atoms with Crippen LogP contribution in [-0.2, 0) is 0 Å². The van der Waals surface area contributed by atoms with E-state index in [0.29, 0.717) is 0 Å². The van der Waals surface area contributed by atoms with Crippen LogP contribution in [0.15, 0.2) is 67.3 Å². The van der Waals surface area contributed by atoms with E-state index in [1.165, 1.54) is 0 Å². The zero-order valence-corrected chi connectivity index (χ0v) is 10.5. The smallest absolute Gasteiger partial charge is 0.0919 e. The highest BCUT2D eigenvalue weighted by Gasteiger charge is 1.96. The van der Waals surface area contributed by atoms with Gasteiger partial charge in [-0.25, -0.2) is 4.98 Å². The maximum atomic E-state index is 5.70. The second kappa shape index (κ2) is 6.26. The van der Waals surface area contributed by atoms with Crippen molar-refractivity contribution in [2.45, 2.75) is 0 Å². The summed E-state index contributed by atoms with van der Waals surface area (Å²) in [5.41, 5.74) is 15.1. The van der Waals surface area contributed by atoms with Gasteiger partial charge in [0.1, 0.15) is 0 Å². The van der Waals surface area contributed by atoms with Crippen LogP contribution >= 0.6 is 0 Å². The summed E-state index contributed by atoms with van der Waals surface area (Å²) in [7, 11) is 0. The molecule has 0 unspecified atom stereocenters. The van der Waals surface area contributed by atoms with Crippen molar-refractivity contribution in [3.8, 4) is 11.1 Å². The number of nitrogens with one attached hydrogen (secondary N) is 1. The maximum absolute atomic E-state index is 5.70. The second-order valence-electron chi connectivity index (χ2n) is 4.01. The summed E-state index contributed by atoms with van der Waals surface area (Å²) in [6.45, 7) is 0. The minimum atomic E-state index is 0.776. The molecule has 0 saturated heterocycles. The molecule has 0 aliphatic rings. The third kappa shape index (κ3) is 3.89. The quantitative estimate of drug-likeness (QED) is 0.582. The number of H-pyrrole nitrogens is 1. The molecule has 0 radical (unpaired) electrons. The van der Waals surface area contributed by atoms with Crippen molar-refractivity contribution in [1.82, 2.24) is 9.97 Å². The Morgan fingerprint density at radius 1 is 0.842 bits per heavy atom. The highest BCUT2D eigenvalue weighted by molar-refractivity contribution is 5.68. The first-order valence-corrected chi connectivity index (χ1v) is 5.90. The fourth-order valence-electron chi connectivity index (χ4n) is 1.61. The van der Waals surface area contributed by atoms with Gasteiger partial charge in [-0.2, -0.15) is 0 Å². The van der Waals surface area contributed by atoms with E-state index < -0.39 is 0 Å². The molecule has 0 atom stereocenters. The Kier molecular flexibility index (Phi) is 4.18. The number of benzene rings is 2. The van der Waals surface area contributed by atoms with Gasteiger partial charge in [-0.1, -0.05) is 24.3 Å². The van der Waals surface area contributed by atoms with Crippen LogP contribution in [-0.4, -0.2) is 9.97 Å². The molecule has 0 aliphatic carbocycles. The van der Waals surface area contributed by atoms with Crippen molar-refractivity contribution in [2.24, 2.45) is 0 Å². The summed E-state index contributed by atoms with van der Waals surface area (Å²) in [5, 5.41) is 0. The number of hydrogen-bond acceptors (Lipinski definition) is 3. The molecule has 4 heteroatoms. The third-order valence-corrected chi connectivity index (χ3v) is 2.54. The Labute approximate surface area is 112 Å². The lowest BCUT2D eigenvalue weighted by atomic mass is 10.1. The lowest BCUT2D eigenvalue weighted by Crippen LogP contribution is -1.86. The van der Waals surface area contributed by atoms with Gasteiger partial charge in [-0.15, -0.1) is 0 Å². The van der Waals surface area contributed by atoms with E-state index in [1.807, 2.05) is 48.5 Å². The summed E-state index contributed by atoms with van der Waals surface area (Å²) in [5.74, 6) is 0.